The van der Waals surface area contributed by atoms with Crippen molar-refractivity contribution in [3.63, 3.8) is 0 Å². The molecule has 2 fully saturated rings. The van der Waals surface area contributed by atoms with Crippen molar-refractivity contribution in [2.75, 3.05) is 61.9 Å². The Labute approximate surface area is 202 Å². The number of nitrogens with one attached hydrogen (secondary N) is 1. The van der Waals surface area contributed by atoms with Gasteiger partial charge in [-0.15, -0.1) is 0 Å². The van der Waals surface area contributed by atoms with Crippen molar-refractivity contribution in [1.29, 1.82) is 0 Å². The molecule has 10 nitrogen and oxygen atoms in total. The summed E-state index contributed by atoms with van der Waals surface area (Å²) in [6, 6.07) is 8.52. The van der Waals surface area contributed by atoms with Crippen molar-refractivity contribution in [2.45, 2.75) is 19.3 Å². The minimum Gasteiger partial charge on any atom is -0.378 e. The van der Waals surface area contributed by atoms with Gasteiger partial charge in [0.1, 0.15) is 11.6 Å². The quantitative estimate of drug-likeness (QED) is 0.496. The van der Waals surface area contributed by atoms with E-state index in [0.29, 0.717) is 62.1 Å². The van der Waals surface area contributed by atoms with Gasteiger partial charge in [-0.05, 0) is 25.0 Å². The number of rotatable bonds is 8. The zero-order chi connectivity index (χ0) is 24.4. The number of para-hydroxylation sites is 2. The molecule has 4 heterocycles. The number of hydrogen-bond acceptors (Lipinski definition) is 8. The molecule has 0 spiro atoms. The first kappa shape index (κ1) is 23.8. The van der Waals surface area contributed by atoms with Crippen LogP contribution < -0.4 is 10.2 Å². The molecule has 2 aliphatic heterocycles. The highest BCUT2D eigenvalue weighted by Crippen LogP contribution is 2.28. The monoisotopic (exact) mass is 507 g/mol. The third-order valence-electron chi connectivity index (χ3n) is 6.14. The molecule has 0 atom stereocenters. The number of morpholine rings is 1. The Bertz CT molecular complexity index is 1290. The van der Waals surface area contributed by atoms with Crippen LogP contribution in [0.2, 0.25) is 0 Å². The van der Waals surface area contributed by atoms with Crippen LogP contribution in [-0.2, 0) is 14.8 Å². The maximum atomic E-state index is 13.9. The maximum Gasteiger partial charge on any atom is 0.296 e. The highest BCUT2D eigenvalue weighted by molar-refractivity contribution is 7.89. The lowest BCUT2D eigenvalue weighted by atomic mass is 10.3. The third kappa shape index (κ3) is 5.07. The number of hydrogen-bond donors (Lipinski definition) is 1. The molecule has 0 saturated carbocycles. The van der Waals surface area contributed by atoms with E-state index in [-0.39, 0.29) is 18.2 Å². The third-order valence-corrected chi connectivity index (χ3v) is 8.01. The van der Waals surface area contributed by atoms with Crippen LogP contribution in [-0.4, -0.2) is 83.9 Å². The van der Waals surface area contributed by atoms with E-state index in [9.17, 15) is 17.2 Å². The Morgan fingerprint density at radius 2 is 1.77 bits per heavy atom. The lowest BCUT2D eigenvalue weighted by Gasteiger charge is -2.28. The molecule has 5 rings (SSSR count). The Morgan fingerprint density at radius 3 is 2.51 bits per heavy atom. The number of aromatic nitrogens is 4. The Kier molecular flexibility index (Phi) is 6.80. The minimum atomic E-state index is -3.37. The van der Waals surface area contributed by atoms with Gasteiger partial charge in [-0.25, -0.2) is 26.5 Å². The number of fused-ring (bicyclic) bond motifs is 1. The normalized spacial score (nSPS) is 17.5. The molecule has 35 heavy (non-hydrogen) atoms. The van der Waals surface area contributed by atoms with Crippen LogP contribution in [0.3, 0.4) is 0 Å². The summed E-state index contributed by atoms with van der Waals surface area (Å²) < 4.78 is 61.2. The van der Waals surface area contributed by atoms with Gasteiger partial charge in [-0.3, -0.25) is 4.57 Å². The molecule has 0 radical (unpaired) electrons. The number of anilines is 2. The fraction of sp³-hybridized carbons (Fsp3) is 0.500. The molecule has 0 unspecified atom stereocenters. The molecular weight excluding hydrogens is 480 g/mol. The van der Waals surface area contributed by atoms with Crippen LogP contribution in [0.15, 0.2) is 30.3 Å². The first-order valence-electron chi connectivity index (χ1n) is 11.6. The van der Waals surface area contributed by atoms with E-state index in [0.717, 1.165) is 12.8 Å². The fourth-order valence-electron chi connectivity index (χ4n) is 4.37. The zero-order valence-electron chi connectivity index (χ0n) is 19.1. The van der Waals surface area contributed by atoms with Crippen LogP contribution in [0.1, 0.15) is 25.1 Å². The van der Waals surface area contributed by atoms with Crippen molar-refractivity contribution in [3.8, 4) is 5.95 Å². The van der Waals surface area contributed by atoms with Gasteiger partial charge < -0.3 is 15.0 Å². The van der Waals surface area contributed by atoms with Gasteiger partial charge in [0.25, 0.3) is 6.43 Å². The first-order chi connectivity index (χ1) is 16.9. The molecule has 2 aliphatic rings. The predicted octanol–water partition coefficient (Wildman–Crippen LogP) is 2.43. The molecule has 0 bridgehead atoms. The molecule has 3 aromatic rings. The highest BCUT2D eigenvalue weighted by atomic mass is 32.2. The number of benzene rings is 1. The topological polar surface area (TPSA) is 105 Å². The summed E-state index contributed by atoms with van der Waals surface area (Å²) in [6.45, 7) is 3.44. The molecule has 0 amide bonds. The second-order valence-corrected chi connectivity index (χ2v) is 10.5. The first-order valence-corrected chi connectivity index (χ1v) is 13.2. The van der Waals surface area contributed by atoms with E-state index in [1.807, 2.05) is 4.90 Å². The summed E-state index contributed by atoms with van der Waals surface area (Å²) in [6.07, 6.45) is -1.09. The standard InChI is InChI=1S/C22H27F2N7O3S/c23-20(24)21-26-16-5-1-2-6-17(16)31(21)22-27-18(15-19(28-22)29-10-12-34-13-11-29)25-7-14-35(32,33)30-8-3-4-9-30/h1-2,5-6,15,20H,3-4,7-14H2,(H,25,27,28). The van der Waals surface area contributed by atoms with Crippen LogP contribution in [0, 0.1) is 0 Å². The minimum absolute atomic E-state index is 0.0443. The van der Waals surface area contributed by atoms with E-state index >= 15 is 0 Å². The van der Waals surface area contributed by atoms with Gasteiger partial charge >= 0.3 is 0 Å². The largest absolute Gasteiger partial charge is 0.378 e. The van der Waals surface area contributed by atoms with Crippen LogP contribution in [0.4, 0.5) is 20.4 Å². The summed E-state index contributed by atoms with van der Waals surface area (Å²) in [5, 5.41) is 3.07. The molecule has 2 saturated heterocycles. The Hall–Kier alpha value is -2.90. The lowest BCUT2D eigenvalue weighted by molar-refractivity contribution is 0.122. The van der Waals surface area contributed by atoms with E-state index in [2.05, 4.69) is 20.3 Å². The summed E-state index contributed by atoms with van der Waals surface area (Å²) in [5.74, 6) is 0.401. The fourth-order valence-corrected chi connectivity index (χ4v) is 5.80. The number of sulfonamides is 1. The van der Waals surface area contributed by atoms with E-state index in [1.54, 1.807) is 30.3 Å². The smallest absolute Gasteiger partial charge is 0.296 e. The molecular formula is C22H27F2N7O3S. The average Bonchev–Trinajstić information content (AvgIpc) is 3.53. The molecule has 1 aromatic carbocycles. The number of imidazole rings is 1. The summed E-state index contributed by atoms with van der Waals surface area (Å²) >= 11 is 0. The average molecular weight is 508 g/mol. The number of alkyl halides is 2. The molecule has 1 N–H and O–H groups in total. The molecule has 13 heteroatoms. The van der Waals surface area contributed by atoms with E-state index in [4.69, 9.17) is 4.74 Å². The second kappa shape index (κ2) is 9.99. The van der Waals surface area contributed by atoms with Gasteiger partial charge in [0.2, 0.25) is 16.0 Å². The molecule has 188 valence electrons. The van der Waals surface area contributed by atoms with Crippen LogP contribution in [0.5, 0.6) is 0 Å². The van der Waals surface area contributed by atoms with Gasteiger partial charge in [-0.1, -0.05) is 12.1 Å². The van der Waals surface area contributed by atoms with Crippen molar-refractivity contribution in [2.24, 2.45) is 0 Å². The van der Waals surface area contributed by atoms with Crippen molar-refractivity contribution >= 4 is 32.7 Å². The molecule has 2 aromatic heterocycles. The van der Waals surface area contributed by atoms with Gasteiger partial charge in [0.05, 0.1) is 30.0 Å². The van der Waals surface area contributed by atoms with Crippen molar-refractivity contribution in [1.82, 2.24) is 23.8 Å². The number of ether oxygens (including phenoxy) is 1. The summed E-state index contributed by atoms with van der Waals surface area (Å²) in [7, 11) is -3.37. The van der Waals surface area contributed by atoms with Crippen molar-refractivity contribution in [3.05, 3.63) is 36.2 Å². The highest BCUT2D eigenvalue weighted by Gasteiger charge is 2.26. The SMILES string of the molecule is O=S(=O)(CCNc1cc(N2CCOCC2)nc(-n2c(C(F)F)nc3ccccc32)n1)N1CCCC1. The van der Waals surface area contributed by atoms with E-state index in [1.165, 1.54) is 8.87 Å². The number of halogens is 2. The summed E-state index contributed by atoms with van der Waals surface area (Å²) in [4.78, 5) is 15.2. The Balaban J connectivity index is 1.49. The summed E-state index contributed by atoms with van der Waals surface area (Å²) in [5.41, 5.74) is 0.874. The van der Waals surface area contributed by atoms with Gasteiger partial charge in [-0.2, -0.15) is 9.97 Å². The maximum absolute atomic E-state index is 13.9. The molecule has 0 aliphatic carbocycles. The van der Waals surface area contributed by atoms with Crippen LogP contribution >= 0.6 is 0 Å². The van der Waals surface area contributed by atoms with Gasteiger partial charge in [0, 0.05) is 38.8 Å². The van der Waals surface area contributed by atoms with E-state index < -0.39 is 22.3 Å². The van der Waals surface area contributed by atoms with Gasteiger partial charge in [0.15, 0.2) is 5.82 Å². The second-order valence-electron chi connectivity index (χ2n) is 8.45. The van der Waals surface area contributed by atoms with Crippen LogP contribution in [0.25, 0.3) is 17.0 Å². The Morgan fingerprint density at radius 1 is 1.03 bits per heavy atom. The zero-order valence-corrected chi connectivity index (χ0v) is 19.9. The lowest BCUT2D eigenvalue weighted by Crippen LogP contribution is -2.37. The van der Waals surface area contributed by atoms with Crippen molar-refractivity contribution < 1.29 is 21.9 Å². The number of nitrogens with zero attached hydrogens (tertiary/aromatic N) is 6. The predicted molar refractivity (Wildman–Crippen MR) is 128 cm³/mol.